The largest absolute Gasteiger partial charge is 0.453 e. The number of hydrogen-bond acceptors (Lipinski definition) is 5. The van der Waals surface area contributed by atoms with E-state index in [1.807, 2.05) is 12.1 Å². The highest BCUT2D eigenvalue weighted by atomic mass is 16.5. The van der Waals surface area contributed by atoms with Crippen LogP contribution in [0.4, 0.5) is 56.9 Å². The fourth-order valence-corrected chi connectivity index (χ4v) is 9.30. The molecule has 52 heavy (non-hydrogen) atoms. The lowest BCUT2D eigenvalue weighted by molar-refractivity contribution is 0.477. The summed E-state index contributed by atoms with van der Waals surface area (Å²) in [6, 6.07) is 57.1. The highest BCUT2D eigenvalue weighted by Gasteiger charge is 2.52. The van der Waals surface area contributed by atoms with Gasteiger partial charge >= 0.3 is 0 Å². The van der Waals surface area contributed by atoms with Crippen molar-refractivity contribution in [1.29, 1.82) is 0 Å². The van der Waals surface area contributed by atoms with Crippen LogP contribution in [0.2, 0.25) is 0 Å². The number of anilines is 10. The first-order valence-corrected chi connectivity index (χ1v) is 18.1. The Bertz CT molecular complexity index is 2540. The first kappa shape index (κ1) is 29.3. The summed E-state index contributed by atoms with van der Waals surface area (Å²) in [4.78, 5) is 9.96. The molecule has 11 rings (SSSR count). The molecule has 4 aliphatic heterocycles. The Labute approximate surface area is 304 Å². The molecule has 0 N–H and O–H groups in total. The predicted octanol–water partition coefficient (Wildman–Crippen LogP) is 10.2. The molecule has 5 nitrogen and oxygen atoms in total. The van der Waals surface area contributed by atoms with Crippen LogP contribution in [0.5, 0.6) is 11.5 Å². The molecule has 0 bridgehead atoms. The van der Waals surface area contributed by atoms with Gasteiger partial charge in [-0.05, 0) is 122 Å². The number of rotatable bonds is 3. The van der Waals surface area contributed by atoms with Crippen LogP contribution in [0.1, 0.15) is 19.4 Å². The molecule has 0 unspecified atom stereocenters. The van der Waals surface area contributed by atoms with E-state index in [-0.39, 0.29) is 12.4 Å². The maximum absolute atomic E-state index is 6.41. The van der Waals surface area contributed by atoms with Gasteiger partial charge in [0.1, 0.15) is 5.66 Å². The van der Waals surface area contributed by atoms with Gasteiger partial charge < -0.3 is 24.3 Å². The molecule has 0 saturated heterocycles. The van der Waals surface area contributed by atoms with Gasteiger partial charge in [0, 0.05) is 34.1 Å². The van der Waals surface area contributed by atoms with Crippen LogP contribution in [0.15, 0.2) is 158 Å². The fraction of sp³-hybridized carbons (Fsp3) is 0.0870. The number of ether oxygens (including phenoxy) is 1. The third kappa shape index (κ3) is 3.89. The minimum atomic E-state index is -0.356. The normalized spacial score (nSPS) is 15.3. The molecule has 248 valence electrons. The number of para-hydroxylation sites is 7. The van der Waals surface area contributed by atoms with E-state index >= 15 is 0 Å². The maximum Gasteiger partial charge on any atom is 0.252 e. The average molecular weight is 671 g/mol. The quantitative estimate of drug-likeness (QED) is 0.174. The van der Waals surface area contributed by atoms with E-state index in [0.717, 1.165) is 34.2 Å². The van der Waals surface area contributed by atoms with Crippen molar-refractivity contribution >= 4 is 80.0 Å². The highest BCUT2D eigenvalue weighted by Crippen LogP contribution is 2.55. The molecule has 0 spiro atoms. The van der Waals surface area contributed by atoms with E-state index in [2.05, 4.69) is 186 Å². The van der Waals surface area contributed by atoms with Crippen molar-refractivity contribution in [3.8, 4) is 11.5 Å². The summed E-state index contributed by atoms with van der Waals surface area (Å²) in [5.41, 5.74) is 16.6. The standard InChI is InChI=1S/C46H35BN4O/c1-30-27-40-44-41(28-30)51-45-35(19-14-22-38(45)50(46(51,2)3)32-17-8-5-9-18-32)47(44)34-26-25-33(29-39(34)48(40)31-15-6-4-7-16-31)49-36-20-10-12-23-42(36)52-43-24-13-11-21-37(43)49/h4-29H,1-3H3. The summed E-state index contributed by atoms with van der Waals surface area (Å²) in [5.74, 6) is 1.70. The van der Waals surface area contributed by atoms with Crippen LogP contribution in [0.3, 0.4) is 0 Å². The Morgan fingerprint density at radius 2 is 1.06 bits per heavy atom. The van der Waals surface area contributed by atoms with Gasteiger partial charge in [-0.1, -0.05) is 78.9 Å². The Morgan fingerprint density at radius 1 is 0.462 bits per heavy atom. The first-order valence-electron chi connectivity index (χ1n) is 18.1. The van der Waals surface area contributed by atoms with Crippen molar-refractivity contribution < 1.29 is 4.74 Å². The second kappa shape index (κ2) is 10.6. The van der Waals surface area contributed by atoms with Crippen LogP contribution in [0, 0.1) is 6.92 Å². The van der Waals surface area contributed by atoms with E-state index in [0.29, 0.717) is 0 Å². The van der Waals surface area contributed by atoms with Crippen LogP contribution in [0.25, 0.3) is 0 Å². The Balaban J connectivity index is 1.19. The third-order valence-corrected chi connectivity index (χ3v) is 11.3. The smallest absolute Gasteiger partial charge is 0.252 e. The Kier molecular flexibility index (Phi) is 5.96. The predicted molar refractivity (Wildman–Crippen MR) is 217 cm³/mol. The number of nitrogens with zero attached hydrogens (tertiary/aromatic N) is 4. The van der Waals surface area contributed by atoms with Crippen molar-refractivity contribution in [2.75, 3.05) is 19.6 Å². The summed E-state index contributed by atoms with van der Waals surface area (Å²) in [5, 5.41) is 0. The minimum Gasteiger partial charge on any atom is -0.453 e. The summed E-state index contributed by atoms with van der Waals surface area (Å²) >= 11 is 0. The van der Waals surface area contributed by atoms with Crippen LogP contribution < -0.4 is 40.7 Å². The van der Waals surface area contributed by atoms with Crippen LogP contribution in [-0.4, -0.2) is 12.4 Å². The lowest BCUT2D eigenvalue weighted by atomic mass is 9.33. The zero-order valence-electron chi connectivity index (χ0n) is 29.3. The zero-order chi connectivity index (χ0) is 34.7. The first-order chi connectivity index (χ1) is 25.5. The fourth-order valence-electron chi connectivity index (χ4n) is 9.30. The lowest BCUT2D eigenvalue weighted by Crippen LogP contribution is -2.63. The van der Waals surface area contributed by atoms with E-state index in [9.17, 15) is 0 Å². The van der Waals surface area contributed by atoms with Gasteiger partial charge in [-0.25, -0.2) is 0 Å². The Hall–Kier alpha value is -6.40. The number of benzene rings is 7. The van der Waals surface area contributed by atoms with Crippen molar-refractivity contribution in [2.45, 2.75) is 26.4 Å². The maximum atomic E-state index is 6.41. The molecule has 4 aliphatic rings. The van der Waals surface area contributed by atoms with Gasteiger partial charge in [-0.2, -0.15) is 0 Å². The van der Waals surface area contributed by atoms with Gasteiger partial charge in [0.25, 0.3) is 6.71 Å². The van der Waals surface area contributed by atoms with E-state index < -0.39 is 0 Å². The number of aryl methyl sites for hydroxylation is 1. The molecule has 0 aromatic heterocycles. The summed E-state index contributed by atoms with van der Waals surface area (Å²) in [6.45, 7) is 7.00. The van der Waals surface area contributed by atoms with Gasteiger partial charge in [0.15, 0.2) is 11.5 Å². The van der Waals surface area contributed by atoms with E-state index in [4.69, 9.17) is 4.74 Å². The highest BCUT2D eigenvalue weighted by molar-refractivity contribution is 7.00. The Morgan fingerprint density at radius 3 is 1.77 bits per heavy atom. The molecule has 0 amide bonds. The van der Waals surface area contributed by atoms with Crippen molar-refractivity contribution in [2.24, 2.45) is 0 Å². The molecule has 0 radical (unpaired) electrons. The molecule has 0 fully saturated rings. The number of hydrogen-bond donors (Lipinski definition) is 0. The molecular weight excluding hydrogens is 635 g/mol. The van der Waals surface area contributed by atoms with Crippen molar-refractivity contribution in [3.63, 3.8) is 0 Å². The second-order valence-electron chi connectivity index (χ2n) is 14.7. The van der Waals surface area contributed by atoms with Gasteiger partial charge in [-0.3, -0.25) is 0 Å². The topological polar surface area (TPSA) is 22.2 Å². The van der Waals surface area contributed by atoms with Crippen LogP contribution in [-0.2, 0) is 0 Å². The molecule has 7 aromatic rings. The van der Waals surface area contributed by atoms with E-state index in [1.165, 1.54) is 56.1 Å². The van der Waals surface area contributed by atoms with Crippen molar-refractivity contribution in [1.82, 2.24) is 0 Å². The van der Waals surface area contributed by atoms with E-state index in [1.54, 1.807) is 0 Å². The summed E-state index contributed by atoms with van der Waals surface area (Å²) in [7, 11) is 0. The molecule has 0 atom stereocenters. The molecule has 4 heterocycles. The second-order valence-corrected chi connectivity index (χ2v) is 14.7. The summed E-state index contributed by atoms with van der Waals surface area (Å²) < 4.78 is 6.41. The SMILES string of the molecule is Cc1cc2c3c(c1)N1c4c(cccc4N(c4ccccc4)C1(C)C)B3c1ccc(N3c4ccccc4Oc4ccccc43)cc1N2c1ccccc1. The molecule has 7 aromatic carbocycles. The average Bonchev–Trinajstić information content (AvgIpc) is 3.42. The zero-order valence-corrected chi connectivity index (χ0v) is 29.3. The minimum absolute atomic E-state index is 0.0524. The molecular formula is C46H35BN4O. The molecule has 6 heteroatoms. The van der Waals surface area contributed by atoms with Crippen LogP contribution >= 0.6 is 0 Å². The molecule has 0 aliphatic carbocycles. The third-order valence-electron chi connectivity index (χ3n) is 11.3. The summed E-state index contributed by atoms with van der Waals surface area (Å²) in [6.07, 6.45) is 0. The van der Waals surface area contributed by atoms with Gasteiger partial charge in [-0.15, -0.1) is 0 Å². The number of fused-ring (bicyclic) bond motifs is 6. The molecule has 0 saturated carbocycles. The van der Waals surface area contributed by atoms with Crippen molar-refractivity contribution in [3.05, 3.63) is 163 Å². The van der Waals surface area contributed by atoms with Gasteiger partial charge in [0.2, 0.25) is 0 Å². The lowest BCUT2D eigenvalue weighted by Gasteiger charge is -2.47. The van der Waals surface area contributed by atoms with Gasteiger partial charge in [0.05, 0.1) is 22.7 Å². The monoisotopic (exact) mass is 670 g/mol.